The number of anilines is 1. The van der Waals surface area contributed by atoms with E-state index < -0.39 is 0 Å². The predicted octanol–water partition coefficient (Wildman–Crippen LogP) is 4.58. The highest BCUT2D eigenvalue weighted by Gasteiger charge is 2.42. The Morgan fingerprint density at radius 2 is 1.97 bits per heavy atom. The molecule has 0 radical (unpaired) electrons. The first-order chi connectivity index (χ1) is 16.1. The van der Waals surface area contributed by atoms with Crippen molar-refractivity contribution in [2.45, 2.75) is 44.4 Å². The van der Waals surface area contributed by atoms with Gasteiger partial charge in [0.05, 0.1) is 11.1 Å². The first-order valence-corrected chi connectivity index (χ1v) is 12.7. The molecule has 5 nitrogen and oxygen atoms in total. The van der Waals surface area contributed by atoms with Gasteiger partial charge in [0.15, 0.2) is 0 Å². The van der Waals surface area contributed by atoms with Gasteiger partial charge in [0.25, 0.3) is 0 Å². The largest absolute Gasteiger partial charge is 0.368 e. The van der Waals surface area contributed by atoms with Crippen LogP contribution in [0.1, 0.15) is 30.0 Å². The summed E-state index contributed by atoms with van der Waals surface area (Å²) in [5.41, 5.74) is 5.66. The van der Waals surface area contributed by atoms with Crippen molar-refractivity contribution in [1.82, 2.24) is 14.8 Å². The summed E-state index contributed by atoms with van der Waals surface area (Å²) in [6.07, 6.45) is 4.14. The second kappa shape index (κ2) is 8.39. The smallest absolute Gasteiger partial charge is 0.101 e. The molecule has 3 atom stereocenters. The molecule has 6 heteroatoms. The van der Waals surface area contributed by atoms with Gasteiger partial charge < -0.3 is 4.90 Å². The minimum absolute atomic E-state index is 0.504. The van der Waals surface area contributed by atoms with Crippen LogP contribution in [0, 0.1) is 11.3 Å². The maximum atomic E-state index is 9.51. The van der Waals surface area contributed by atoms with Crippen molar-refractivity contribution >= 4 is 32.5 Å². The lowest BCUT2D eigenvalue weighted by molar-refractivity contribution is 0.146. The molecule has 6 rings (SSSR count). The zero-order valence-corrected chi connectivity index (χ0v) is 20.5. The molecule has 1 unspecified atom stereocenters. The lowest BCUT2D eigenvalue weighted by Gasteiger charge is -2.43. The summed E-state index contributed by atoms with van der Waals surface area (Å²) in [5.74, 6) is 0. The zero-order chi connectivity index (χ0) is 22.5. The van der Waals surface area contributed by atoms with Crippen LogP contribution in [-0.4, -0.2) is 59.1 Å². The van der Waals surface area contributed by atoms with E-state index in [1.807, 2.05) is 12.1 Å². The van der Waals surface area contributed by atoms with Crippen LogP contribution < -0.4 is 4.90 Å². The highest BCUT2D eigenvalue weighted by molar-refractivity contribution is 9.10. The molecule has 33 heavy (non-hydrogen) atoms. The Hall–Kier alpha value is -2.46. The number of nitriles is 1. The number of hydrogen-bond acceptors (Lipinski definition) is 5. The van der Waals surface area contributed by atoms with Crippen molar-refractivity contribution in [3.05, 3.63) is 69.8 Å². The van der Waals surface area contributed by atoms with Crippen LogP contribution in [-0.2, 0) is 13.0 Å². The Kier molecular flexibility index (Phi) is 5.37. The van der Waals surface area contributed by atoms with Crippen molar-refractivity contribution in [1.29, 1.82) is 5.26 Å². The molecule has 4 heterocycles. The Morgan fingerprint density at radius 3 is 2.85 bits per heavy atom. The number of nitrogens with zero attached hydrogens (tertiary/aromatic N) is 5. The van der Waals surface area contributed by atoms with Crippen LogP contribution in [0.5, 0.6) is 0 Å². The molecule has 3 aliphatic rings. The Balaban J connectivity index is 1.22. The topological polar surface area (TPSA) is 46.4 Å². The third-order valence-electron chi connectivity index (χ3n) is 7.85. The lowest BCUT2D eigenvalue weighted by atomic mass is 9.98. The number of hydrogen-bond donors (Lipinski definition) is 0. The fourth-order valence-electron chi connectivity index (χ4n) is 6.23. The Bertz CT molecular complexity index is 1250. The summed E-state index contributed by atoms with van der Waals surface area (Å²) in [5, 5.41) is 10.6. The van der Waals surface area contributed by atoms with Crippen LogP contribution in [0.15, 0.2) is 53.1 Å². The van der Waals surface area contributed by atoms with E-state index in [9.17, 15) is 5.26 Å². The van der Waals surface area contributed by atoms with E-state index in [0.29, 0.717) is 23.7 Å². The van der Waals surface area contributed by atoms with Crippen molar-refractivity contribution in [3.63, 3.8) is 0 Å². The molecule has 2 fully saturated rings. The normalized spacial score (nSPS) is 25.6. The van der Waals surface area contributed by atoms with Crippen LogP contribution >= 0.6 is 15.9 Å². The maximum Gasteiger partial charge on any atom is 0.101 e. The number of fused-ring (bicyclic) bond motifs is 3. The van der Waals surface area contributed by atoms with Gasteiger partial charge in [0.2, 0.25) is 0 Å². The van der Waals surface area contributed by atoms with Crippen molar-refractivity contribution in [2.75, 3.05) is 31.1 Å². The molecule has 3 aromatic rings. The van der Waals surface area contributed by atoms with E-state index in [1.54, 1.807) is 6.20 Å². The van der Waals surface area contributed by atoms with E-state index >= 15 is 0 Å². The quantitative estimate of drug-likeness (QED) is 0.514. The Labute approximate surface area is 203 Å². The molecule has 0 amide bonds. The van der Waals surface area contributed by atoms with Crippen molar-refractivity contribution in [2.24, 2.45) is 0 Å². The van der Waals surface area contributed by atoms with E-state index in [2.05, 4.69) is 78.9 Å². The van der Waals surface area contributed by atoms with Gasteiger partial charge in [-0.2, -0.15) is 5.26 Å². The first-order valence-electron chi connectivity index (χ1n) is 11.9. The average Bonchev–Trinajstić information content (AvgIpc) is 3.28. The highest BCUT2D eigenvalue weighted by Crippen LogP contribution is 2.36. The number of aromatic nitrogens is 1. The zero-order valence-electron chi connectivity index (χ0n) is 18.9. The average molecular weight is 502 g/mol. The molecular weight excluding hydrogens is 474 g/mol. The van der Waals surface area contributed by atoms with Gasteiger partial charge in [-0.1, -0.05) is 22.0 Å². The monoisotopic (exact) mass is 501 g/mol. The first kappa shape index (κ1) is 21.1. The number of pyridine rings is 1. The van der Waals surface area contributed by atoms with Crippen LogP contribution in [0.3, 0.4) is 0 Å². The molecule has 2 aromatic carbocycles. The lowest BCUT2D eigenvalue weighted by Crippen LogP contribution is -2.55. The molecule has 0 saturated carbocycles. The summed E-state index contributed by atoms with van der Waals surface area (Å²) in [7, 11) is 0. The SMILES string of the molecule is C[C@@H]1CN(c2ccc(C#N)c3ncccc23)C[C@@H]2CC(N3CCc4cc(Br)ccc4C3)CN21. The van der Waals surface area contributed by atoms with Crippen LogP contribution in [0.2, 0.25) is 0 Å². The van der Waals surface area contributed by atoms with Crippen LogP contribution in [0.4, 0.5) is 5.69 Å². The van der Waals surface area contributed by atoms with E-state index in [1.165, 1.54) is 34.3 Å². The van der Waals surface area contributed by atoms with E-state index in [-0.39, 0.29) is 0 Å². The highest BCUT2D eigenvalue weighted by atomic mass is 79.9. The molecule has 168 valence electrons. The summed E-state index contributed by atoms with van der Waals surface area (Å²) in [4.78, 5) is 12.5. The molecule has 0 N–H and O–H groups in total. The number of rotatable bonds is 2. The van der Waals surface area contributed by atoms with Gasteiger partial charge in [-0.15, -0.1) is 0 Å². The molecule has 3 aliphatic heterocycles. The fourth-order valence-corrected chi connectivity index (χ4v) is 6.64. The second-order valence-corrected chi connectivity index (χ2v) is 10.7. The predicted molar refractivity (Wildman–Crippen MR) is 135 cm³/mol. The number of halogens is 1. The summed E-state index contributed by atoms with van der Waals surface area (Å²) in [6, 6.07) is 18.9. The minimum atomic E-state index is 0.504. The van der Waals surface area contributed by atoms with Gasteiger partial charge in [0, 0.05) is 72.6 Å². The third-order valence-corrected chi connectivity index (χ3v) is 8.34. The summed E-state index contributed by atoms with van der Waals surface area (Å²) < 4.78 is 1.19. The summed E-state index contributed by atoms with van der Waals surface area (Å²) in [6.45, 7) is 7.80. The van der Waals surface area contributed by atoms with Gasteiger partial charge in [-0.25, -0.2) is 0 Å². The van der Waals surface area contributed by atoms with E-state index in [0.717, 1.165) is 43.5 Å². The fraction of sp³-hybridized carbons (Fsp3) is 0.407. The number of benzene rings is 2. The van der Waals surface area contributed by atoms with Gasteiger partial charge >= 0.3 is 0 Å². The molecule has 0 aliphatic carbocycles. The van der Waals surface area contributed by atoms with Gasteiger partial charge in [-0.3, -0.25) is 14.8 Å². The third kappa shape index (κ3) is 3.73. The standard InChI is InChI=1S/C27H28BrN5/c1-18-14-32(26-7-5-20(13-29)27-25(26)3-2-9-30-27)16-24-12-23(17-33(18)24)31-10-8-19-11-22(28)6-4-21(19)15-31/h2-7,9,11,18,23-24H,8,10,12,14-17H2,1H3/t18-,23?,24+/m1/s1. The van der Waals surface area contributed by atoms with Crippen LogP contribution in [0.25, 0.3) is 10.9 Å². The van der Waals surface area contributed by atoms with Crippen molar-refractivity contribution < 1.29 is 0 Å². The molecule has 0 spiro atoms. The minimum Gasteiger partial charge on any atom is -0.368 e. The number of piperazine rings is 1. The molecular formula is C27H28BrN5. The Morgan fingerprint density at radius 1 is 1.06 bits per heavy atom. The molecule has 2 saturated heterocycles. The maximum absolute atomic E-state index is 9.51. The van der Waals surface area contributed by atoms with Crippen molar-refractivity contribution in [3.8, 4) is 6.07 Å². The van der Waals surface area contributed by atoms with Gasteiger partial charge in [-0.05, 0) is 67.3 Å². The van der Waals surface area contributed by atoms with Gasteiger partial charge in [0.1, 0.15) is 6.07 Å². The molecule has 1 aromatic heterocycles. The second-order valence-electron chi connectivity index (χ2n) is 9.77. The van der Waals surface area contributed by atoms with E-state index in [4.69, 9.17) is 0 Å². The molecule has 0 bridgehead atoms. The summed E-state index contributed by atoms with van der Waals surface area (Å²) >= 11 is 3.62.